The number of amides is 4. The molecule has 4 amide bonds. The molecule has 0 aromatic carbocycles. The van der Waals surface area contributed by atoms with Crippen LogP contribution in [-0.2, 0) is 14.3 Å². The Bertz CT molecular complexity index is 920. The van der Waals surface area contributed by atoms with Crippen LogP contribution in [0.5, 0.6) is 0 Å². The topological polar surface area (TPSA) is 136 Å². The van der Waals surface area contributed by atoms with Gasteiger partial charge in [-0.15, -0.1) is 13.2 Å². The van der Waals surface area contributed by atoms with Crippen LogP contribution in [0.2, 0.25) is 0 Å². The minimum atomic E-state index is -3.41. The average molecular weight is 530 g/mol. The predicted molar refractivity (Wildman–Crippen MR) is 130 cm³/mol. The number of aliphatic hydroxyl groups excluding tert-OH is 1. The van der Waals surface area contributed by atoms with Crippen molar-refractivity contribution in [2.24, 2.45) is 5.92 Å². The number of alkyl halides is 2. The molecule has 12 heteroatoms. The van der Waals surface area contributed by atoms with Gasteiger partial charge in [0.05, 0.1) is 17.6 Å². The number of hydrogen-bond acceptors (Lipinski definition) is 6. The molecule has 1 saturated carbocycles. The van der Waals surface area contributed by atoms with E-state index in [0.717, 1.165) is 4.90 Å². The fraction of sp³-hybridized carbons (Fsp3) is 0.680. The van der Waals surface area contributed by atoms with Gasteiger partial charge in [-0.25, -0.2) is 18.4 Å². The molecule has 208 valence electrons. The number of hydrogen-bond donors (Lipinski definition) is 3. The third-order valence-corrected chi connectivity index (χ3v) is 6.31. The quantitative estimate of drug-likeness (QED) is 0.349. The van der Waals surface area contributed by atoms with Gasteiger partial charge in [0.2, 0.25) is 0 Å². The summed E-state index contributed by atoms with van der Waals surface area (Å²) in [6.45, 7) is 11.7. The van der Waals surface area contributed by atoms with E-state index in [4.69, 9.17) is 4.74 Å². The first-order chi connectivity index (χ1) is 17.1. The Morgan fingerprint density at radius 1 is 1.24 bits per heavy atom. The zero-order chi connectivity index (χ0) is 28.2. The van der Waals surface area contributed by atoms with E-state index >= 15 is 8.78 Å². The number of aliphatic carboxylic acids is 1. The molecule has 2 aliphatic rings. The second-order valence-corrected chi connectivity index (χ2v) is 10.6. The number of allylic oxidation sites excluding steroid dienone is 1. The van der Waals surface area contributed by atoms with Crippen molar-refractivity contribution in [3.63, 3.8) is 0 Å². The highest BCUT2D eigenvalue weighted by Gasteiger charge is 2.69. The van der Waals surface area contributed by atoms with Gasteiger partial charge in [0.1, 0.15) is 11.6 Å². The number of ether oxygens (including phenoxy) is 1. The Labute approximate surface area is 215 Å². The van der Waals surface area contributed by atoms with Crippen molar-refractivity contribution in [3.05, 3.63) is 25.3 Å². The molecule has 2 fully saturated rings. The highest BCUT2D eigenvalue weighted by atomic mass is 19.3. The first kappa shape index (κ1) is 30.2. The number of nitrogens with one attached hydrogen (secondary N) is 1. The standard InChI is InChI=1S/C25H37F2N3O7/c1-6-8-11-25(26,27)15-24(13-17(24)20(33)34)30(22(36)29-12-10-16(31)14-29)19(32)18(9-7-2)28-21(35)37-23(3,4)5/h6-7,16-18,31H,1-2,8-15H2,3-5H3,(H,28,35)(H,33,34)/t16?,17?,18-,24?/m0/s1. The van der Waals surface area contributed by atoms with Crippen LogP contribution in [0, 0.1) is 5.92 Å². The van der Waals surface area contributed by atoms with Gasteiger partial charge in [-0.2, -0.15) is 0 Å². The first-order valence-electron chi connectivity index (χ1n) is 12.2. The number of carboxylic acid groups (broad SMARTS) is 1. The summed E-state index contributed by atoms with van der Waals surface area (Å²) < 4.78 is 35.2. The lowest BCUT2D eigenvalue weighted by Gasteiger charge is -2.38. The summed E-state index contributed by atoms with van der Waals surface area (Å²) in [5.74, 6) is -7.31. The van der Waals surface area contributed by atoms with Crippen molar-refractivity contribution < 1.29 is 42.9 Å². The maximum atomic E-state index is 15.0. The first-order valence-corrected chi connectivity index (χ1v) is 12.2. The average Bonchev–Trinajstić information content (AvgIpc) is 3.29. The second kappa shape index (κ2) is 11.6. The van der Waals surface area contributed by atoms with E-state index in [2.05, 4.69) is 18.5 Å². The maximum absolute atomic E-state index is 15.0. The fourth-order valence-electron chi connectivity index (χ4n) is 4.54. The molecule has 3 N–H and O–H groups in total. The molecule has 10 nitrogen and oxygen atoms in total. The highest BCUT2D eigenvalue weighted by Crippen LogP contribution is 2.55. The van der Waals surface area contributed by atoms with Crippen molar-refractivity contribution in [1.82, 2.24) is 15.1 Å². The number of alkyl carbamates (subject to hydrolysis) is 1. The van der Waals surface area contributed by atoms with Crippen LogP contribution in [0.1, 0.15) is 59.3 Å². The number of aliphatic hydroxyl groups is 1. The van der Waals surface area contributed by atoms with E-state index in [-0.39, 0.29) is 38.8 Å². The molecule has 1 heterocycles. The van der Waals surface area contributed by atoms with Gasteiger partial charge >= 0.3 is 18.1 Å². The number of rotatable bonds is 11. The summed E-state index contributed by atoms with van der Waals surface area (Å²) in [6.07, 6.45) is -1.34. The van der Waals surface area contributed by atoms with Crippen LogP contribution in [0.25, 0.3) is 0 Å². The fourth-order valence-corrected chi connectivity index (χ4v) is 4.54. The maximum Gasteiger partial charge on any atom is 0.408 e. The molecule has 37 heavy (non-hydrogen) atoms. The minimum absolute atomic E-state index is 0.0517. The Hall–Kier alpha value is -3.02. The van der Waals surface area contributed by atoms with Gasteiger partial charge in [-0.1, -0.05) is 12.2 Å². The number of nitrogens with zero attached hydrogens (tertiary/aromatic N) is 2. The number of carbonyl (C=O) groups excluding carboxylic acids is 3. The second-order valence-electron chi connectivity index (χ2n) is 10.6. The van der Waals surface area contributed by atoms with Gasteiger partial charge in [0.25, 0.3) is 11.8 Å². The van der Waals surface area contributed by atoms with Crippen LogP contribution in [0.15, 0.2) is 25.3 Å². The third-order valence-electron chi connectivity index (χ3n) is 6.31. The number of likely N-dealkylation sites (tertiary alicyclic amines) is 1. The van der Waals surface area contributed by atoms with Crippen molar-refractivity contribution in [2.45, 2.75) is 88.5 Å². The Balaban J connectivity index is 2.51. The van der Waals surface area contributed by atoms with E-state index in [9.17, 15) is 29.4 Å². The lowest BCUT2D eigenvalue weighted by molar-refractivity contribution is -0.142. The molecule has 0 bridgehead atoms. The number of imide groups is 1. The SMILES string of the molecule is C=CCCC(F)(F)CC1(N(C(=O)[C@H](CC=C)NC(=O)OC(C)(C)C)C(=O)N2CCC(O)C2)CC1C(=O)O. The number of urea groups is 1. The van der Waals surface area contributed by atoms with Gasteiger partial charge in [-0.3, -0.25) is 14.5 Å². The van der Waals surface area contributed by atoms with Gasteiger partial charge in [-0.05, 0) is 46.5 Å². The summed E-state index contributed by atoms with van der Waals surface area (Å²) >= 11 is 0. The molecule has 0 aromatic heterocycles. The molecular formula is C25H37F2N3O7. The number of carbonyl (C=O) groups is 4. The van der Waals surface area contributed by atoms with Crippen molar-refractivity contribution in [3.8, 4) is 0 Å². The van der Waals surface area contributed by atoms with E-state index in [1.165, 1.54) is 12.2 Å². The van der Waals surface area contributed by atoms with E-state index in [1.807, 2.05) is 0 Å². The molecule has 2 rings (SSSR count). The monoisotopic (exact) mass is 529 g/mol. The summed E-state index contributed by atoms with van der Waals surface area (Å²) in [4.78, 5) is 53.5. The van der Waals surface area contributed by atoms with Crippen LogP contribution in [0.4, 0.5) is 18.4 Å². The van der Waals surface area contributed by atoms with E-state index in [0.29, 0.717) is 4.90 Å². The van der Waals surface area contributed by atoms with Crippen molar-refractivity contribution in [2.75, 3.05) is 13.1 Å². The summed E-state index contributed by atoms with van der Waals surface area (Å²) in [5.41, 5.74) is -2.93. The predicted octanol–water partition coefficient (Wildman–Crippen LogP) is 3.31. The van der Waals surface area contributed by atoms with Crippen molar-refractivity contribution >= 4 is 24.0 Å². The molecule has 3 unspecified atom stereocenters. The smallest absolute Gasteiger partial charge is 0.408 e. The Morgan fingerprint density at radius 3 is 2.35 bits per heavy atom. The van der Waals surface area contributed by atoms with Crippen LogP contribution in [0.3, 0.4) is 0 Å². The van der Waals surface area contributed by atoms with Gasteiger partial charge in [0.15, 0.2) is 0 Å². The molecule has 0 radical (unpaired) electrons. The van der Waals surface area contributed by atoms with Gasteiger partial charge in [0, 0.05) is 25.9 Å². The summed E-state index contributed by atoms with van der Waals surface area (Å²) in [7, 11) is 0. The molecule has 0 aromatic rings. The Morgan fingerprint density at radius 2 is 1.89 bits per heavy atom. The lowest BCUT2D eigenvalue weighted by Crippen LogP contribution is -2.60. The molecule has 0 spiro atoms. The zero-order valence-corrected chi connectivity index (χ0v) is 21.5. The zero-order valence-electron chi connectivity index (χ0n) is 21.5. The number of halogens is 2. The molecule has 1 aliphatic carbocycles. The third kappa shape index (κ3) is 7.73. The Kier molecular flexibility index (Phi) is 9.45. The minimum Gasteiger partial charge on any atom is -0.481 e. The number of β-amino-alcohol motifs (C(OH)–C–C–N with tert-alkyl or cyclic N) is 1. The number of carboxylic acids is 1. The molecule has 1 saturated heterocycles. The van der Waals surface area contributed by atoms with Crippen LogP contribution >= 0.6 is 0 Å². The van der Waals surface area contributed by atoms with Crippen LogP contribution < -0.4 is 5.32 Å². The molecule has 1 aliphatic heterocycles. The molecule has 4 atom stereocenters. The van der Waals surface area contributed by atoms with E-state index < -0.39 is 72.0 Å². The largest absolute Gasteiger partial charge is 0.481 e. The molecular weight excluding hydrogens is 492 g/mol. The highest BCUT2D eigenvalue weighted by molar-refractivity contribution is 6.01. The summed E-state index contributed by atoms with van der Waals surface area (Å²) in [5, 5.41) is 22.0. The van der Waals surface area contributed by atoms with Crippen molar-refractivity contribution in [1.29, 1.82) is 0 Å². The van der Waals surface area contributed by atoms with E-state index in [1.54, 1.807) is 20.8 Å². The van der Waals surface area contributed by atoms with Crippen LogP contribution in [-0.4, -0.2) is 86.3 Å². The lowest BCUT2D eigenvalue weighted by atomic mass is 9.97. The van der Waals surface area contributed by atoms with Gasteiger partial charge < -0.3 is 25.2 Å². The normalized spacial score (nSPS) is 24.1. The summed E-state index contributed by atoms with van der Waals surface area (Å²) in [6, 6.07) is -2.43.